The van der Waals surface area contributed by atoms with E-state index in [0.717, 1.165) is 62.0 Å². The average Bonchev–Trinajstić information content (AvgIpc) is 2.98. The normalized spacial score (nSPS) is 20.0. The maximum Gasteiger partial charge on any atom is 0.314 e. The fourth-order valence-electron chi connectivity index (χ4n) is 5.85. The van der Waals surface area contributed by atoms with Crippen LogP contribution in [0.5, 0.6) is 23.0 Å². The third-order valence-corrected chi connectivity index (χ3v) is 8.16. The number of allylic oxidation sites excluding steroid dienone is 1. The van der Waals surface area contributed by atoms with Crippen molar-refractivity contribution in [1.29, 1.82) is 5.26 Å². The number of hydrogen-bond acceptors (Lipinski definition) is 7. The highest BCUT2D eigenvalue weighted by Crippen LogP contribution is 2.45. The molecule has 4 rings (SSSR count). The SMILES string of the molecule is CCCCCOc1ccc(C2C(C#N)=C(N)Oc3cc(OC(=O)C4CCC(CCCC)CC4)ccc32)cc1OCC. The first-order valence-electron chi connectivity index (χ1n) is 15.3. The summed E-state index contributed by atoms with van der Waals surface area (Å²) in [5.74, 6) is 2.23. The van der Waals surface area contributed by atoms with Crippen molar-refractivity contribution in [2.45, 2.75) is 90.9 Å². The predicted molar refractivity (Wildman–Crippen MR) is 159 cm³/mol. The summed E-state index contributed by atoms with van der Waals surface area (Å²) in [7, 11) is 0. The Bertz CT molecular complexity index is 1260. The minimum Gasteiger partial charge on any atom is -0.490 e. The van der Waals surface area contributed by atoms with Crippen LogP contribution in [0.25, 0.3) is 0 Å². The lowest BCUT2D eigenvalue weighted by atomic mass is 9.80. The molecule has 1 fully saturated rings. The number of unbranched alkanes of at least 4 members (excludes halogenated alkanes) is 3. The second-order valence-corrected chi connectivity index (χ2v) is 11.1. The highest BCUT2D eigenvalue weighted by molar-refractivity contribution is 5.75. The molecule has 1 heterocycles. The Labute approximate surface area is 244 Å². The summed E-state index contributed by atoms with van der Waals surface area (Å²) in [5.41, 5.74) is 8.17. The van der Waals surface area contributed by atoms with Crippen molar-refractivity contribution in [3.8, 4) is 29.1 Å². The molecule has 1 atom stereocenters. The standard InChI is InChI=1S/C34H44N2O5/c1-4-7-9-19-39-29-18-15-25(20-31(29)38-6-3)32-27-17-16-26(21-30(27)41-33(36)28(32)22-35)40-34(37)24-13-11-23(12-14-24)10-8-5-2/h15-18,20-21,23-24,32H,4-14,19,36H2,1-3H3. The van der Waals surface area contributed by atoms with Gasteiger partial charge in [-0.2, -0.15) is 5.26 Å². The van der Waals surface area contributed by atoms with Crippen LogP contribution in [0.3, 0.4) is 0 Å². The topological polar surface area (TPSA) is 104 Å². The van der Waals surface area contributed by atoms with Gasteiger partial charge in [0.15, 0.2) is 11.5 Å². The minimum absolute atomic E-state index is 0.0386. The Kier molecular flexibility index (Phi) is 11.0. The number of nitrogens with zero attached hydrogens (tertiary/aromatic N) is 1. The number of carbonyl (C=O) groups is 1. The van der Waals surface area contributed by atoms with Crippen LogP contribution in [0.4, 0.5) is 0 Å². The van der Waals surface area contributed by atoms with E-state index in [4.69, 9.17) is 24.7 Å². The Morgan fingerprint density at radius 2 is 1.76 bits per heavy atom. The summed E-state index contributed by atoms with van der Waals surface area (Å²) in [6, 6.07) is 13.3. The monoisotopic (exact) mass is 560 g/mol. The molecule has 0 aromatic heterocycles. The van der Waals surface area contributed by atoms with E-state index >= 15 is 0 Å². The van der Waals surface area contributed by atoms with Crippen LogP contribution < -0.4 is 24.7 Å². The maximum atomic E-state index is 13.0. The van der Waals surface area contributed by atoms with Crippen LogP contribution in [0.2, 0.25) is 0 Å². The molecule has 0 bridgehead atoms. The summed E-state index contributed by atoms with van der Waals surface area (Å²) in [6.45, 7) is 7.40. The Morgan fingerprint density at radius 3 is 2.46 bits per heavy atom. The molecule has 2 aromatic rings. The number of fused-ring (bicyclic) bond motifs is 1. The van der Waals surface area contributed by atoms with E-state index in [2.05, 4.69) is 19.9 Å². The number of benzene rings is 2. The maximum absolute atomic E-state index is 13.0. The smallest absolute Gasteiger partial charge is 0.314 e. The van der Waals surface area contributed by atoms with E-state index in [9.17, 15) is 10.1 Å². The number of carbonyl (C=O) groups excluding carboxylic acids is 1. The summed E-state index contributed by atoms with van der Waals surface area (Å²) in [6.07, 6.45) is 10.8. The van der Waals surface area contributed by atoms with Crippen LogP contribution in [0.1, 0.15) is 102 Å². The Balaban J connectivity index is 1.53. The number of hydrogen-bond donors (Lipinski definition) is 1. The first kappa shape index (κ1) is 30.3. The van der Waals surface area contributed by atoms with Crippen LogP contribution >= 0.6 is 0 Å². The van der Waals surface area contributed by atoms with Crippen LogP contribution in [0, 0.1) is 23.2 Å². The Hall–Kier alpha value is -3.66. The molecule has 0 saturated heterocycles. The molecule has 2 N–H and O–H groups in total. The van der Waals surface area contributed by atoms with E-state index in [1.54, 1.807) is 12.1 Å². The zero-order valence-corrected chi connectivity index (χ0v) is 24.7. The van der Waals surface area contributed by atoms with E-state index in [-0.39, 0.29) is 17.8 Å². The summed E-state index contributed by atoms with van der Waals surface area (Å²) in [4.78, 5) is 13.0. The van der Waals surface area contributed by atoms with E-state index in [0.29, 0.717) is 41.8 Å². The van der Waals surface area contributed by atoms with Gasteiger partial charge in [-0.1, -0.05) is 58.1 Å². The molecule has 1 saturated carbocycles. The van der Waals surface area contributed by atoms with Crippen molar-refractivity contribution in [3.63, 3.8) is 0 Å². The zero-order valence-electron chi connectivity index (χ0n) is 24.7. The van der Waals surface area contributed by atoms with Crippen molar-refractivity contribution in [2.24, 2.45) is 17.6 Å². The van der Waals surface area contributed by atoms with Crippen molar-refractivity contribution in [3.05, 3.63) is 59.0 Å². The molecule has 41 heavy (non-hydrogen) atoms. The molecule has 0 spiro atoms. The summed E-state index contributed by atoms with van der Waals surface area (Å²) in [5, 5.41) is 10.0. The third kappa shape index (κ3) is 7.55. The molecule has 1 aliphatic heterocycles. The second kappa shape index (κ2) is 14.8. The van der Waals surface area contributed by atoms with Crippen molar-refractivity contribution >= 4 is 5.97 Å². The zero-order chi connectivity index (χ0) is 29.2. The molecular weight excluding hydrogens is 516 g/mol. The van der Waals surface area contributed by atoms with Gasteiger partial charge in [0.05, 0.1) is 25.0 Å². The highest BCUT2D eigenvalue weighted by Gasteiger charge is 2.33. The van der Waals surface area contributed by atoms with E-state index in [1.165, 1.54) is 19.3 Å². The number of nitriles is 1. The lowest BCUT2D eigenvalue weighted by Gasteiger charge is -2.28. The average molecular weight is 561 g/mol. The van der Waals surface area contributed by atoms with Crippen molar-refractivity contribution in [1.82, 2.24) is 0 Å². The summed E-state index contributed by atoms with van der Waals surface area (Å²) < 4.78 is 23.6. The fraction of sp³-hybridized carbons (Fsp3) is 0.529. The molecule has 2 aliphatic rings. The number of nitrogens with two attached hydrogens (primary N) is 1. The van der Waals surface area contributed by atoms with Gasteiger partial charge in [0, 0.05) is 11.6 Å². The number of rotatable bonds is 13. The third-order valence-electron chi connectivity index (χ3n) is 8.16. The largest absolute Gasteiger partial charge is 0.490 e. The van der Waals surface area contributed by atoms with Gasteiger partial charge in [-0.3, -0.25) is 4.79 Å². The fourth-order valence-corrected chi connectivity index (χ4v) is 5.85. The van der Waals surface area contributed by atoms with Crippen molar-refractivity contribution < 1.29 is 23.7 Å². The van der Waals surface area contributed by atoms with Gasteiger partial charge >= 0.3 is 5.97 Å². The molecule has 0 amide bonds. The Morgan fingerprint density at radius 1 is 0.976 bits per heavy atom. The number of ether oxygens (including phenoxy) is 4. The predicted octanol–water partition coefficient (Wildman–Crippen LogP) is 7.77. The van der Waals surface area contributed by atoms with Gasteiger partial charge in [-0.15, -0.1) is 0 Å². The van der Waals surface area contributed by atoms with E-state index in [1.807, 2.05) is 31.2 Å². The van der Waals surface area contributed by atoms with Gasteiger partial charge in [-0.25, -0.2) is 0 Å². The second-order valence-electron chi connectivity index (χ2n) is 11.1. The van der Waals surface area contributed by atoms with Gasteiger partial charge in [-0.05, 0) is 68.7 Å². The molecule has 2 aromatic carbocycles. The van der Waals surface area contributed by atoms with Crippen molar-refractivity contribution in [2.75, 3.05) is 13.2 Å². The quantitative estimate of drug-likeness (QED) is 0.152. The molecule has 220 valence electrons. The van der Waals surface area contributed by atoms with E-state index < -0.39 is 5.92 Å². The highest BCUT2D eigenvalue weighted by atomic mass is 16.5. The first-order valence-corrected chi connectivity index (χ1v) is 15.3. The molecular formula is C34H44N2O5. The van der Waals surface area contributed by atoms with Gasteiger partial charge in [0.2, 0.25) is 5.88 Å². The lowest BCUT2D eigenvalue weighted by Crippen LogP contribution is -2.26. The molecule has 0 radical (unpaired) electrons. The molecule has 7 nitrogen and oxygen atoms in total. The van der Waals surface area contributed by atoms with Gasteiger partial charge in [0.25, 0.3) is 0 Å². The van der Waals surface area contributed by atoms with Crippen LogP contribution in [0.15, 0.2) is 47.9 Å². The minimum atomic E-state index is -0.458. The summed E-state index contributed by atoms with van der Waals surface area (Å²) >= 11 is 0. The number of esters is 1. The van der Waals surface area contributed by atoms with Gasteiger partial charge in [0.1, 0.15) is 23.1 Å². The molecule has 1 aliphatic carbocycles. The molecule has 1 unspecified atom stereocenters. The lowest BCUT2D eigenvalue weighted by molar-refractivity contribution is -0.140. The molecule has 7 heteroatoms. The van der Waals surface area contributed by atoms with Gasteiger partial charge < -0.3 is 24.7 Å². The van der Waals surface area contributed by atoms with Crippen LogP contribution in [-0.4, -0.2) is 19.2 Å². The first-order chi connectivity index (χ1) is 20.0. The van der Waals surface area contributed by atoms with Crippen LogP contribution in [-0.2, 0) is 4.79 Å².